The fourth-order valence-corrected chi connectivity index (χ4v) is 5.30. The first-order valence-corrected chi connectivity index (χ1v) is 12.0. The molecule has 172 valence electrons. The summed E-state index contributed by atoms with van der Waals surface area (Å²) in [6, 6.07) is 18.9. The Balaban J connectivity index is 0.00000259. The van der Waals surface area contributed by atoms with Gasteiger partial charge in [-0.2, -0.15) is 0 Å². The summed E-state index contributed by atoms with van der Waals surface area (Å²) < 4.78 is 2.38. The molecule has 0 amide bonds. The number of hydrogen-bond donors (Lipinski definition) is 0. The maximum Gasteiger partial charge on any atom is 0.153 e. The number of hydrogen-bond acceptors (Lipinski definition) is 2. The molecule has 1 aliphatic heterocycles. The Hall–Kier alpha value is -2.20. The fraction of sp³-hybridized carbons (Fsp3) is 0.296. The van der Waals surface area contributed by atoms with Gasteiger partial charge in [-0.3, -0.25) is 0 Å². The minimum atomic E-state index is 0. The molecule has 2 aromatic heterocycles. The molecule has 1 saturated heterocycles. The minimum absolute atomic E-state index is 0. The zero-order valence-corrected chi connectivity index (χ0v) is 21.2. The Bertz CT molecular complexity index is 1260. The molecule has 0 atom stereocenters. The highest BCUT2D eigenvalue weighted by molar-refractivity contribution is 6.42. The summed E-state index contributed by atoms with van der Waals surface area (Å²) in [6.45, 7) is 7.17. The normalized spacial score (nSPS) is 14.5. The average Bonchev–Trinajstić information content (AvgIpc) is 3.07. The van der Waals surface area contributed by atoms with Crippen LogP contribution in [-0.2, 0) is 6.54 Å². The van der Waals surface area contributed by atoms with E-state index in [1.807, 2.05) is 18.3 Å². The molecule has 0 aliphatic carbocycles. The summed E-state index contributed by atoms with van der Waals surface area (Å²) in [5.41, 5.74) is 6.37. The van der Waals surface area contributed by atoms with E-state index in [-0.39, 0.29) is 12.4 Å². The van der Waals surface area contributed by atoms with Crippen molar-refractivity contribution in [1.82, 2.24) is 9.55 Å². The number of piperidine rings is 1. The lowest BCUT2D eigenvalue weighted by Gasteiger charge is -2.33. The average molecular weight is 501 g/mol. The summed E-state index contributed by atoms with van der Waals surface area (Å²) in [4.78, 5) is 7.34. The van der Waals surface area contributed by atoms with E-state index in [0.717, 1.165) is 43.9 Å². The lowest BCUT2D eigenvalue weighted by Crippen LogP contribution is -2.33. The van der Waals surface area contributed by atoms with Crippen molar-refractivity contribution >= 4 is 52.3 Å². The topological polar surface area (TPSA) is 21.1 Å². The van der Waals surface area contributed by atoms with Gasteiger partial charge in [0.25, 0.3) is 0 Å². The number of benzene rings is 2. The van der Waals surface area contributed by atoms with Gasteiger partial charge >= 0.3 is 0 Å². The van der Waals surface area contributed by atoms with Crippen molar-refractivity contribution in [2.75, 3.05) is 18.0 Å². The van der Waals surface area contributed by atoms with Crippen molar-refractivity contribution in [3.63, 3.8) is 0 Å². The number of anilines is 1. The predicted molar refractivity (Wildman–Crippen MR) is 143 cm³/mol. The molecule has 0 radical (unpaired) electrons. The summed E-state index contributed by atoms with van der Waals surface area (Å²) in [5.74, 6) is 1.71. The third kappa shape index (κ3) is 4.59. The van der Waals surface area contributed by atoms with Gasteiger partial charge in [-0.1, -0.05) is 59.6 Å². The van der Waals surface area contributed by atoms with E-state index < -0.39 is 0 Å². The second kappa shape index (κ2) is 9.97. The first-order chi connectivity index (χ1) is 15.5. The Morgan fingerprint density at radius 3 is 2.36 bits per heavy atom. The SMILES string of the molecule is Cc1c(C)n(Cc2ccc(Cl)c(Cl)c2)c2c(N3CCC(c4ccccc4)CC3)nccc12.Cl. The molecule has 6 heteroatoms. The Morgan fingerprint density at radius 1 is 0.939 bits per heavy atom. The number of pyridine rings is 1. The second-order valence-corrected chi connectivity index (χ2v) is 9.56. The highest BCUT2D eigenvalue weighted by atomic mass is 35.5. The van der Waals surface area contributed by atoms with E-state index >= 15 is 0 Å². The van der Waals surface area contributed by atoms with E-state index in [2.05, 4.69) is 65.8 Å². The zero-order chi connectivity index (χ0) is 22.2. The van der Waals surface area contributed by atoms with Crippen LogP contribution < -0.4 is 4.90 Å². The van der Waals surface area contributed by atoms with Crippen LogP contribution in [0.25, 0.3) is 10.9 Å². The highest BCUT2D eigenvalue weighted by Crippen LogP contribution is 2.36. The Morgan fingerprint density at radius 2 is 1.67 bits per heavy atom. The maximum atomic E-state index is 6.30. The van der Waals surface area contributed by atoms with Crippen LogP contribution in [0.5, 0.6) is 0 Å². The third-order valence-electron chi connectivity index (χ3n) is 6.92. The molecule has 0 saturated carbocycles. The van der Waals surface area contributed by atoms with Gasteiger partial charge in [0.05, 0.1) is 15.6 Å². The number of aryl methyl sites for hydroxylation is 1. The summed E-state index contributed by atoms with van der Waals surface area (Å²) in [7, 11) is 0. The van der Waals surface area contributed by atoms with Crippen LogP contribution in [0.3, 0.4) is 0 Å². The van der Waals surface area contributed by atoms with Crippen molar-refractivity contribution in [1.29, 1.82) is 0 Å². The smallest absolute Gasteiger partial charge is 0.153 e. The van der Waals surface area contributed by atoms with Crippen LogP contribution >= 0.6 is 35.6 Å². The summed E-state index contributed by atoms with van der Waals surface area (Å²) in [6.07, 6.45) is 4.25. The molecule has 1 aliphatic rings. The molecule has 3 heterocycles. The Kier molecular flexibility index (Phi) is 7.23. The van der Waals surface area contributed by atoms with Gasteiger partial charge in [-0.25, -0.2) is 4.98 Å². The molecule has 5 rings (SSSR count). The van der Waals surface area contributed by atoms with Crippen molar-refractivity contribution in [3.8, 4) is 0 Å². The van der Waals surface area contributed by atoms with E-state index in [1.165, 1.54) is 27.7 Å². The van der Waals surface area contributed by atoms with Gasteiger partial charge in [0, 0.05) is 36.9 Å². The summed E-state index contributed by atoms with van der Waals surface area (Å²) in [5, 5.41) is 2.46. The first kappa shape index (κ1) is 23.9. The standard InChI is InChI=1S/C27H27Cl2N3.ClH/c1-18-19(2)32(17-20-8-9-24(28)25(29)16-20)26-23(18)10-13-30-27(26)31-14-11-22(12-15-31)21-6-4-3-5-7-21;/h3-10,13,16,22H,11-12,14-15,17H2,1-2H3;1H. The quantitative estimate of drug-likeness (QED) is 0.285. The highest BCUT2D eigenvalue weighted by Gasteiger charge is 2.25. The number of rotatable bonds is 4. The predicted octanol–water partition coefficient (Wildman–Crippen LogP) is 7.81. The fourth-order valence-electron chi connectivity index (χ4n) is 4.98. The molecule has 0 bridgehead atoms. The van der Waals surface area contributed by atoms with Crippen LogP contribution in [-0.4, -0.2) is 22.6 Å². The van der Waals surface area contributed by atoms with Gasteiger partial charge in [-0.15, -0.1) is 12.4 Å². The molecule has 33 heavy (non-hydrogen) atoms. The van der Waals surface area contributed by atoms with Crippen LogP contribution in [0.4, 0.5) is 5.82 Å². The van der Waals surface area contributed by atoms with Crippen LogP contribution in [0, 0.1) is 13.8 Å². The van der Waals surface area contributed by atoms with Crippen molar-refractivity contribution in [3.05, 3.63) is 93.2 Å². The zero-order valence-electron chi connectivity index (χ0n) is 18.9. The van der Waals surface area contributed by atoms with Gasteiger partial charge < -0.3 is 9.47 Å². The molecule has 2 aromatic carbocycles. The largest absolute Gasteiger partial charge is 0.355 e. The third-order valence-corrected chi connectivity index (χ3v) is 7.66. The van der Waals surface area contributed by atoms with E-state index in [0.29, 0.717) is 16.0 Å². The molecule has 3 nitrogen and oxygen atoms in total. The Labute approximate surface area is 211 Å². The molecule has 4 aromatic rings. The van der Waals surface area contributed by atoms with E-state index in [1.54, 1.807) is 0 Å². The molecular formula is C27H28Cl3N3. The van der Waals surface area contributed by atoms with Crippen molar-refractivity contribution in [2.24, 2.45) is 0 Å². The number of aromatic nitrogens is 2. The van der Waals surface area contributed by atoms with E-state index in [4.69, 9.17) is 28.2 Å². The minimum Gasteiger partial charge on any atom is -0.355 e. The second-order valence-electron chi connectivity index (χ2n) is 8.75. The van der Waals surface area contributed by atoms with Gasteiger partial charge in [0.15, 0.2) is 5.82 Å². The van der Waals surface area contributed by atoms with Crippen LogP contribution in [0.15, 0.2) is 60.8 Å². The van der Waals surface area contributed by atoms with Crippen LogP contribution in [0.1, 0.15) is 41.1 Å². The van der Waals surface area contributed by atoms with Gasteiger partial charge in [0.2, 0.25) is 0 Å². The first-order valence-electron chi connectivity index (χ1n) is 11.2. The van der Waals surface area contributed by atoms with Crippen LogP contribution in [0.2, 0.25) is 10.0 Å². The number of fused-ring (bicyclic) bond motifs is 1. The molecule has 0 spiro atoms. The van der Waals surface area contributed by atoms with E-state index in [9.17, 15) is 0 Å². The number of halogens is 3. The summed E-state index contributed by atoms with van der Waals surface area (Å²) >= 11 is 12.4. The van der Waals surface area contributed by atoms with Crippen molar-refractivity contribution < 1.29 is 0 Å². The lowest BCUT2D eigenvalue weighted by atomic mass is 9.89. The molecular weight excluding hydrogens is 473 g/mol. The number of nitrogens with zero attached hydrogens (tertiary/aromatic N) is 3. The molecule has 0 N–H and O–H groups in total. The van der Waals surface area contributed by atoms with Gasteiger partial charge in [-0.05, 0) is 67.5 Å². The molecule has 1 fully saturated rings. The molecule has 0 unspecified atom stereocenters. The lowest BCUT2D eigenvalue weighted by molar-refractivity contribution is 0.503. The maximum absolute atomic E-state index is 6.30. The van der Waals surface area contributed by atoms with Gasteiger partial charge in [0.1, 0.15) is 0 Å². The monoisotopic (exact) mass is 499 g/mol. The van der Waals surface area contributed by atoms with Crippen molar-refractivity contribution in [2.45, 2.75) is 39.2 Å².